The van der Waals surface area contributed by atoms with E-state index in [-0.39, 0.29) is 6.04 Å². The number of nitrogens with zero attached hydrogens (tertiary/aromatic N) is 2. The summed E-state index contributed by atoms with van der Waals surface area (Å²) < 4.78 is 4.02. The van der Waals surface area contributed by atoms with E-state index in [1.807, 2.05) is 11.6 Å². The fourth-order valence-corrected chi connectivity index (χ4v) is 4.40. The molecule has 2 heterocycles. The van der Waals surface area contributed by atoms with Gasteiger partial charge in [0, 0.05) is 22.3 Å². The van der Waals surface area contributed by atoms with Gasteiger partial charge in [-0.25, -0.2) is 0 Å². The van der Waals surface area contributed by atoms with Crippen molar-refractivity contribution in [1.82, 2.24) is 15.2 Å². The average molecular weight is 443 g/mol. The van der Waals surface area contributed by atoms with Crippen LogP contribution in [0.5, 0.6) is 0 Å². The van der Waals surface area contributed by atoms with Crippen LogP contribution >= 0.6 is 54.8 Å². The zero-order chi connectivity index (χ0) is 14.9. The van der Waals surface area contributed by atoms with Gasteiger partial charge in [-0.1, -0.05) is 11.6 Å². The molecule has 0 bridgehead atoms. The van der Waals surface area contributed by atoms with Crippen molar-refractivity contribution in [1.29, 1.82) is 0 Å². The molecule has 0 aliphatic rings. The zero-order valence-electron chi connectivity index (χ0n) is 11.1. The number of aromatic nitrogens is 2. The third kappa shape index (κ3) is 3.28. The van der Waals surface area contributed by atoms with E-state index in [2.05, 4.69) is 55.4 Å². The van der Waals surface area contributed by atoms with Crippen LogP contribution in [0.4, 0.5) is 0 Å². The molecule has 20 heavy (non-hydrogen) atoms. The summed E-state index contributed by atoms with van der Waals surface area (Å²) in [5.41, 5.74) is 4.73. The second kappa shape index (κ2) is 6.89. The van der Waals surface area contributed by atoms with Gasteiger partial charge in [0.25, 0.3) is 0 Å². The minimum Gasteiger partial charge on any atom is -0.271 e. The summed E-state index contributed by atoms with van der Waals surface area (Å²) in [6, 6.07) is 2.06. The van der Waals surface area contributed by atoms with E-state index in [1.165, 1.54) is 0 Å². The highest BCUT2D eigenvalue weighted by Crippen LogP contribution is 2.37. The summed E-state index contributed by atoms with van der Waals surface area (Å²) in [4.78, 5) is 1.14. The van der Waals surface area contributed by atoms with Gasteiger partial charge in [-0.15, -0.1) is 11.3 Å². The quantitative estimate of drug-likeness (QED) is 0.539. The molecule has 2 aromatic rings. The van der Waals surface area contributed by atoms with Crippen LogP contribution in [0.2, 0.25) is 5.02 Å². The molecule has 0 spiro atoms. The van der Waals surface area contributed by atoms with E-state index in [9.17, 15) is 0 Å². The molecule has 4 nitrogen and oxygen atoms in total. The van der Waals surface area contributed by atoms with Crippen molar-refractivity contribution in [2.45, 2.75) is 32.9 Å². The smallest absolute Gasteiger partial charge is 0.0847 e. The maximum absolute atomic E-state index is 6.35. The average Bonchev–Trinajstić information content (AvgIpc) is 2.89. The first-order valence-electron chi connectivity index (χ1n) is 6.10. The predicted molar refractivity (Wildman–Crippen MR) is 91.1 cm³/mol. The number of nitrogens with one attached hydrogen (secondary N) is 1. The Morgan fingerprint density at radius 1 is 1.55 bits per heavy atom. The van der Waals surface area contributed by atoms with E-state index >= 15 is 0 Å². The maximum Gasteiger partial charge on any atom is 0.0847 e. The Bertz CT molecular complexity index is 591. The minimum absolute atomic E-state index is 0.00139. The second-order valence-electron chi connectivity index (χ2n) is 4.36. The molecule has 1 unspecified atom stereocenters. The SMILES string of the molecule is CCn1nc(C)c(Cl)c1CC(NN)c1cc(Br)c(Br)s1. The summed E-state index contributed by atoms with van der Waals surface area (Å²) in [6.07, 6.45) is 0.698. The van der Waals surface area contributed by atoms with Crippen LogP contribution < -0.4 is 11.3 Å². The van der Waals surface area contributed by atoms with Crippen molar-refractivity contribution >= 4 is 54.8 Å². The van der Waals surface area contributed by atoms with Crippen molar-refractivity contribution in [3.05, 3.63) is 35.6 Å². The van der Waals surface area contributed by atoms with Gasteiger partial charge in [0.1, 0.15) is 0 Å². The molecule has 2 aromatic heterocycles. The molecule has 0 amide bonds. The van der Waals surface area contributed by atoms with Gasteiger partial charge >= 0.3 is 0 Å². The van der Waals surface area contributed by atoms with Crippen LogP contribution in [0.1, 0.15) is 29.2 Å². The fraction of sp³-hybridized carbons (Fsp3) is 0.417. The maximum atomic E-state index is 6.35. The number of aryl methyl sites for hydroxylation is 2. The molecule has 1 atom stereocenters. The van der Waals surface area contributed by atoms with Crippen molar-refractivity contribution in [2.75, 3.05) is 0 Å². The first kappa shape index (κ1) is 16.5. The summed E-state index contributed by atoms with van der Waals surface area (Å²) >= 11 is 15.0. The molecule has 2 rings (SSSR count). The molecule has 0 aliphatic carbocycles. The zero-order valence-corrected chi connectivity index (χ0v) is 15.8. The van der Waals surface area contributed by atoms with Gasteiger partial charge in [-0.2, -0.15) is 5.10 Å². The van der Waals surface area contributed by atoms with Crippen molar-refractivity contribution in [3.63, 3.8) is 0 Å². The minimum atomic E-state index is 0.00139. The Morgan fingerprint density at radius 2 is 2.25 bits per heavy atom. The largest absolute Gasteiger partial charge is 0.271 e. The number of hydrogen-bond acceptors (Lipinski definition) is 4. The van der Waals surface area contributed by atoms with E-state index in [0.29, 0.717) is 6.42 Å². The molecular weight excluding hydrogens is 427 g/mol. The van der Waals surface area contributed by atoms with Gasteiger partial charge in [-0.05, 0) is 51.8 Å². The van der Waals surface area contributed by atoms with E-state index < -0.39 is 0 Å². The van der Waals surface area contributed by atoms with Crippen LogP contribution in [0.25, 0.3) is 0 Å². The Balaban J connectivity index is 2.31. The highest BCUT2D eigenvalue weighted by molar-refractivity contribution is 9.13. The van der Waals surface area contributed by atoms with E-state index in [1.54, 1.807) is 11.3 Å². The standard InChI is InChI=1S/C12H15Br2ClN4S/c1-3-19-9(11(15)6(2)18-19)5-8(17-16)10-4-7(13)12(14)20-10/h4,8,17H,3,5,16H2,1-2H3. The number of hydrazine groups is 1. The lowest BCUT2D eigenvalue weighted by Crippen LogP contribution is -2.29. The predicted octanol–water partition coefficient (Wildman–Crippen LogP) is 4.20. The molecule has 110 valence electrons. The first-order chi connectivity index (χ1) is 9.47. The van der Waals surface area contributed by atoms with Crippen LogP contribution in [0.15, 0.2) is 14.3 Å². The highest BCUT2D eigenvalue weighted by atomic mass is 79.9. The number of hydrogen-bond donors (Lipinski definition) is 2. The van der Waals surface area contributed by atoms with E-state index in [0.717, 1.165) is 36.1 Å². The summed E-state index contributed by atoms with van der Waals surface area (Å²) in [6.45, 7) is 4.76. The molecule has 8 heteroatoms. The molecule has 3 N–H and O–H groups in total. The van der Waals surface area contributed by atoms with Crippen LogP contribution in [-0.4, -0.2) is 9.78 Å². The number of thiophene rings is 1. The topological polar surface area (TPSA) is 55.9 Å². The monoisotopic (exact) mass is 440 g/mol. The van der Waals surface area contributed by atoms with Crippen molar-refractivity contribution < 1.29 is 0 Å². The van der Waals surface area contributed by atoms with Crippen molar-refractivity contribution in [2.24, 2.45) is 5.84 Å². The fourth-order valence-electron chi connectivity index (χ4n) is 2.03. The van der Waals surface area contributed by atoms with Crippen molar-refractivity contribution in [3.8, 4) is 0 Å². The molecule has 0 saturated carbocycles. The Morgan fingerprint density at radius 3 is 2.75 bits per heavy atom. The summed E-state index contributed by atoms with van der Waals surface area (Å²) in [7, 11) is 0. The second-order valence-corrected chi connectivity index (χ2v) is 7.99. The highest BCUT2D eigenvalue weighted by Gasteiger charge is 2.20. The van der Waals surface area contributed by atoms with Gasteiger partial charge in [0.15, 0.2) is 0 Å². The molecule has 0 saturated heterocycles. The van der Waals surface area contributed by atoms with Gasteiger partial charge in [0.05, 0.1) is 26.2 Å². The van der Waals surface area contributed by atoms with Gasteiger partial charge in [0.2, 0.25) is 0 Å². The number of halogens is 3. The van der Waals surface area contributed by atoms with E-state index in [4.69, 9.17) is 17.4 Å². The molecular formula is C12H15Br2ClN4S. The third-order valence-electron chi connectivity index (χ3n) is 3.06. The summed E-state index contributed by atoms with van der Waals surface area (Å²) in [5.74, 6) is 5.71. The van der Waals surface area contributed by atoms with Crippen LogP contribution in [0, 0.1) is 6.92 Å². The van der Waals surface area contributed by atoms with Gasteiger partial charge in [-0.3, -0.25) is 16.0 Å². The molecule has 0 radical (unpaired) electrons. The lowest BCUT2D eigenvalue weighted by molar-refractivity contribution is 0.523. The van der Waals surface area contributed by atoms with Gasteiger partial charge < -0.3 is 0 Å². The lowest BCUT2D eigenvalue weighted by atomic mass is 10.1. The third-order valence-corrected chi connectivity index (χ3v) is 6.92. The Kier molecular flexibility index (Phi) is 5.67. The number of nitrogens with two attached hydrogens (primary N) is 1. The molecule has 0 fully saturated rings. The summed E-state index contributed by atoms with van der Waals surface area (Å²) in [5, 5.41) is 5.16. The lowest BCUT2D eigenvalue weighted by Gasteiger charge is -2.15. The number of rotatable bonds is 5. The van der Waals surface area contributed by atoms with Crippen LogP contribution in [-0.2, 0) is 13.0 Å². The Hall–Kier alpha value is 0.0800. The first-order valence-corrected chi connectivity index (χ1v) is 8.88. The Labute approximate surface area is 143 Å². The molecule has 0 aromatic carbocycles. The molecule has 0 aliphatic heterocycles. The normalized spacial score (nSPS) is 12.9. The van der Waals surface area contributed by atoms with Crippen LogP contribution in [0.3, 0.4) is 0 Å².